The van der Waals surface area contributed by atoms with Crippen LogP contribution in [0.1, 0.15) is 23.5 Å². The van der Waals surface area contributed by atoms with Crippen molar-refractivity contribution < 1.29 is 0 Å². The van der Waals surface area contributed by atoms with E-state index in [2.05, 4.69) is 77.7 Å². The summed E-state index contributed by atoms with van der Waals surface area (Å²) in [6, 6.07) is 19.9. The third-order valence-corrected chi connectivity index (χ3v) is 4.45. The number of aromatic nitrogens is 1. The van der Waals surface area contributed by atoms with Crippen LogP contribution in [-0.2, 0) is 13.5 Å². The van der Waals surface area contributed by atoms with E-state index in [9.17, 15) is 0 Å². The molecule has 22 heavy (non-hydrogen) atoms. The van der Waals surface area contributed by atoms with Gasteiger partial charge in [0.1, 0.15) is 0 Å². The maximum atomic E-state index is 3.29. The van der Waals surface area contributed by atoms with Crippen LogP contribution in [0.4, 0.5) is 0 Å². The Labute approximate surface area is 132 Å². The summed E-state index contributed by atoms with van der Waals surface area (Å²) in [5, 5.41) is 4.63. The molecule has 1 heterocycles. The molecule has 3 rings (SSSR count). The molecule has 0 saturated heterocycles. The first-order valence-electron chi connectivity index (χ1n) is 8.01. The monoisotopic (exact) mass is 292 g/mol. The van der Waals surface area contributed by atoms with Crippen molar-refractivity contribution in [1.29, 1.82) is 0 Å². The molecule has 0 fully saturated rings. The molecule has 1 aromatic heterocycles. The van der Waals surface area contributed by atoms with E-state index >= 15 is 0 Å². The van der Waals surface area contributed by atoms with E-state index in [1.54, 1.807) is 0 Å². The summed E-state index contributed by atoms with van der Waals surface area (Å²) in [6.07, 6.45) is 4.39. The molecule has 2 aromatic carbocycles. The Morgan fingerprint density at radius 3 is 2.64 bits per heavy atom. The lowest BCUT2D eigenvalue weighted by atomic mass is 9.88. The fraction of sp³-hybridized carbons (Fsp3) is 0.300. The van der Waals surface area contributed by atoms with Crippen LogP contribution in [0.5, 0.6) is 0 Å². The van der Waals surface area contributed by atoms with E-state index < -0.39 is 0 Å². The van der Waals surface area contributed by atoms with Crippen molar-refractivity contribution in [3.8, 4) is 0 Å². The highest BCUT2D eigenvalue weighted by molar-refractivity contribution is 5.80. The molecule has 0 spiro atoms. The van der Waals surface area contributed by atoms with Gasteiger partial charge in [0.05, 0.1) is 0 Å². The van der Waals surface area contributed by atoms with E-state index in [0.29, 0.717) is 5.92 Å². The summed E-state index contributed by atoms with van der Waals surface area (Å²) in [5.41, 5.74) is 4.16. The van der Waals surface area contributed by atoms with Gasteiger partial charge in [-0.15, -0.1) is 0 Å². The number of hydrogen-bond donors (Lipinski definition) is 1. The molecule has 0 aliphatic heterocycles. The smallest absolute Gasteiger partial charge is 0.0477 e. The molecule has 0 radical (unpaired) electrons. The average Bonchev–Trinajstić information content (AvgIpc) is 2.93. The first kappa shape index (κ1) is 14.9. The summed E-state index contributed by atoms with van der Waals surface area (Å²) >= 11 is 0. The lowest BCUT2D eigenvalue weighted by Gasteiger charge is -2.18. The van der Waals surface area contributed by atoms with Crippen LogP contribution in [0.2, 0.25) is 0 Å². The number of nitrogens with one attached hydrogen (secondary N) is 1. The van der Waals surface area contributed by atoms with Crippen LogP contribution < -0.4 is 5.32 Å². The van der Waals surface area contributed by atoms with E-state index in [4.69, 9.17) is 0 Å². The van der Waals surface area contributed by atoms with Crippen LogP contribution in [0.25, 0.3) is 10.9 Å². The number of nitrogens with zero attached hydrogens (tertiary/aromatic N) is 1. The molecule has 2 heteroatoms. The van der Waals surface area contributed by atoms with Crippen molar-refractivity contribution in [2.24, 2.45) is 7.05 Å². The lowest BCUT2D eigenvalue weighted by molar-refractivity contribution is 0.593. The normalized spacial score (nSPS) is 12.6. The van der Waals surface area contributed by atoms with Crippen molar-refractivity contribution in [3.05, 3.63) is 71.9 Å². The van der Waals surface area contributed by atoms with Crippen molar-refractivity contribution >= 4 is 10.9 Å². The zero-order chi connectivity index (χ0) is 15.4. The molecule has 2 nitrogen and oxygen atoms in total. The maximum Gasteiger partial charge on any atom is 0.0477 e. The molecule has 1 N–H and O–H groups in total. The van der Waals surface area contributed by atoms with Crippen LogP contribution in [0.3, 0.4) is 0 Å². The van der Waals surface area contributed by atoms with Gasteiger partial charge >= 0.3 is 0 Å². The Hall–Kier alpha value is -2.06. The Morgan fingerprint density at radius 2 is 1.86 bits per heavy atom. The van der Waals surface area contributed by atoms with E-state index in [-0.39, 0.29) is 0 Å². The van der Waals surface area contributed by atoms with Crippen LogP contribution in [0.15, 0.2) is 60.8 Å². The van der Waals surface area contributed by atoms with Gasteiger partial charge in [0.25, 0.3) is 0 Å². The number of hydrogen-bond acceptors (Lipinski definition) is 1. The van der Waals surface area contributed by atoms with Gasteiger partial charge in [-0.2, -0.15) is 0 Å². The minimum Gasteiger partial charge on any atom is -0.351 e. The van der Waals surface area contributed by atoms with Gasteiger partial charge < -0.3 is 9.88 Å². The lowest BCUT2D eigenvalue weighted by Crippen LogP contribution is -2.14. The van der Waals surface area contributed by atoms with Crippen LogP contribution in [-0.4, -0.2) is 18.2 Å². The predicted molar refractivity (Wildman–Crippen MR) is 94.3 cm³/mol. The van der Waals surface area contributed by atoms with Crippen molar-refractivity contribution in [1.82, 2.24) is 9.88 Å². The van der Waals surface area contributed by atoms with E-state index in [0.717, 1.165) is 19.4 Å². The first-order valence-corrected chi connectivity index (χ1v) is 8.01. The highest BCUT2D eigenvalue weighted by Gasteiger charge is 2.13. The molecule has 3 aromatic rings. The summed E-state index contributed by atoms with van der Waals surface area (Å²) in [5.74, 6) is 0.555. The first-order chi connectivity index (χ1) is 10.8. The molecule has 1 unspecified atom stereocenters. The van der Waals surface area contributed by atoms with E-state index in [1.807, 2.05) is 7.05 Å². The summed E-state index contributed by atoms with van der Waals surface area (Å²) in [4.78, 5) is 0. The molecule has 0 bridgehead atoms. The maximum absolute atomic E-state index is 3.29. The summed E-state index contributed by atoms with van der Waals surface area (Å²) < 4.78 is 2.18. The molecule has 0 aliphatic rings. The van der Waals surface area contributed by atoms with Gasteiger partial charge in [-0.25, -0.2) is 0 Å². The highest BCUT2D eigenvalue weighted by Crippen LogP contribution is 2.27. The van der Waals surface area contributed by atoms with Gasteiger partial charge in [-0.3, -0.25) is 0 Å². The summed E-state index contributed by atoms with van der Waals surface area (Å²) in [6.45, 7) is 1.05. The van der Waals surface area contributed by atoms with Gasteiger partial charge in [-0.05, 0) is 67.1 Å². The third kappa shape index (κ3) is 3.23. The fourth-order valence-electron chi connectivity index (χ4n) is 3.16. The Kier molecular flexibility index (Phi) is 4.59. The van der Waals surface area contributed by atoms with Crippen LogP contribution >= 0.6 is 0 Å². The molecular weight excluding hydrogens is 268 g/mol. The second-order valence-corrected chi connectivity index (χ2v) is 6.02. The Balaban J connectivity index is 1.89. The van der Waals surface area contributed by atoms with Gasteiger partial charge in [0.15, 0.2) is 0 Å². The minimum atomic E-state index is 0.555. The molecule has 1 atom stereocenters. The average molecular weight is 292 g/mol. The SMILES string of the molecule is CNCCC(Cc1ccccc1)c1ccc2c(ccn2C)c1. The fourth-order valence-corrected chi connectivity index (χ4v) is 3.16. The molecule has 0 amide bonds. The Bertz CT molecular complexity index is 728. The second-order valence-electron chi connectivity index (χ2n) is 6.02. The number of rotatable bonds is 6. The number of benzene rings is 2. The molecule has 0 aliphatic carbocycles. The molecule has 0 saturated carbocycles. The van der Waals surface area contributed by atoms with Gasteiger partial charge in [-0.1, -0.05) is 36.4 Å². The number of aryl methyl sites for hydroxylation is 1. The quantitative estimate of drug-likeness (QED) is 0.723. The largest absolute Gasteiger partial charge is 0.351 e. The van der Waals surface area contributed by atoms with Crippen molar-refractivity contribution in [2.45, 2.75) is 18.8 Å². The minimum absolute atomic E-state index is 0.555. The molecule has 114 valence electrons. The van der Waals surface area contributed by atoms with Crippen molar-refractivity contribution in [2.75, 3.05) is 13.6 Å². The highest BCUT2D eigenvalue weighted by atomic mass is 14.9. The predicted octanol–water partition coefficient (Wildman–Crippen LogP) is 4.11. The Morgan fingerprint density at radius 1 is 1.05 bits per heavy atom. The standard InChI is InChI=1S/C20H24N2/c1-21-12-10-18(14-16-6-4-3-5-7-16)17-8-9-20-19(15-17)11-13-22(20)2/h3-9,11,13,15,18,21H,10,12,14H2,1-2H3. The zero-order valence-corrected chi connectivity index (χ0v) is 13.4. The van der Waals surface area contributed by atoms with Gasteiger partial charge in [0.2, 0.25) is 0 Å². The van der Waals surface area contributed by atoms with Gasteiger partial charge in [0, 0.05) is 18.8 Å². The summed E-state index contributed by atoms with van der Waals surface area (Å²) in [7, 11) is 4.13. The zero-order valence-electron chi connectivity index (χ0n) is 13.4. The number of fused-ring (bicyclic) bond motifs is 1. The van der Waals surface area contributed by atoms with E-state index in [1.165, 1.54) is 22.0 Å². The van der Waals surface area contributed by atoms with Crippen molar-refractivity contribution in [3.63, 3.8) is 0 Å². The second kappa shape index (κ2) is 6.80. The third-order valence-electron chi connectivity index (χ3n) is 4.45. The van der Waals surface area contributed by atoms with Crippen LogP contribution in [0, 0.1) is 0 Å². The topological polar surface area (TPSA) is 17.0 Å². The molecular formula is C20H24N2.